The van der Waals surface area contributed by atoms with Gasteiger partial charge in [0.1, 0.15) is 5.69 Å². The lowest BCUT2D eigenvalue weighted by Crippen LogP contribution is -2.13. The van der Waals surface area contributed by atoms with Crippen molar-refractivity contribution in [3.63, 3.8) is 0 Å². The molecule has 1 aromatic heterocycles. The highest BCUT2D eigenvalue weighted by atomic mass is 32.2. The van der Waals surface area contributed by atoms with Crippen LogP contribution in [0.3, 0.4) is 0 Å². The smallest absolute Gasteiger partial charge is 0.239 e. The number of hydrogen-bond acceptors (Lipinski definition) is 5. The first-order valence-electron chi connectivity index (χ1n) is 6.73. The highest BCUT2D eigenvalue weighted by Crippen LogP contribution is 2.32. The van der Waals surface area contributed by atoms with Crippen molar-refractivity contribution in [2.45, 2.75) is 11.4 Å². The van der Waals surface area contributed by atoms with Gasteiger partial charge in [-0.05, 0) is 30.0 Å². The lowest BCUT2D eigenvalue weighted by Gasteiger charge is -2.20. The van der Waals surface area contributed by atoms with Gasteiger partial charge in [0, 0.05) is 31.7 Å². The van der Waals surface area contributed by atoms with Crippen molar-refractivity contribution in [3.05, 3.63) is 42.1 Å². The van der Waals surface area contributed by atoms with Crippen molar-refractivity contribution in [1.29, 1.82) is 0 Å². The first kappa shape index (κ1) is 15.5. The molecule has 0 unspecified atom stereocenters. The van der Waals surface area contributed by atoms with Crippen LogP contribution in [0.25, 0.3) is 0 Å². The van der Waals surface area contributed by atoms with Crippen molar-refractivity contribution in [1.82, 2.24) is 4.98 Å². The molecule has 0 spiro atoms. The number of anilines is 2. The van der Waals surface area contributed by atoms with E-state index in [4.69, 9.17) is 4.74 Å². The van der Waals surface area contributed by atoms with Gasteiger partial charge in [-0.25, -0.2) is 4.98 Å². The monoisotopic (exact) mass is 303 g/mol. The molecule has 0 fully saturated rings. The highest BCUT2D eigenvalue weighted by molar-refractivity contribution is 7.98. The Hall–Kier alpha value is -1.88. The summed E-state index contributed by atoms with van der Waals surface area (Å²) in [6, 6.07) is 10.5. The van der Waals surface area contributed by atoms with Crippen LogP contribution in [0.1, 0.15) is 5.56 Å². The molecule has 0 amide bonds. The molecule has 1 aromatic carbocycles. The number of methoxy groups -OCH3 is 1. The van der Waals surface area contributed by atoms with Crippen molar-refractivity contribution in [2.24, 2.45) is 0 Å². The molecule has 2 aromatic rings. The molecule has 1 N–H and O–H groups in total. The zero-order chi connectivity index (χ0) is 15.2. The molecule has 2 rings (SSSR count). The Kier molecular flexibility index (Phi) is 5.33. The van der Waals surface area contributed by atoms with Crippen LogP contribution in [0.5, 0.6) is 5.88 Å². The van der Waals surface area contributed by atoms with E-state index in [9.17, 15) is 0 Å². The molecule has 0 saturated heterocycles. The Morgan fingerprint density at radius 1 is 1.19 bits per heavy atom. The molecule has 0 aliphatic rings. The van der Waals surface area contributed by atoms with Gasteiger partial charge in [-0.3, -0.25) is 0 Å². The number of hydrogen-bond donors (Lipinski definition) is 1. The first-order valence-corrected chi connectivity index (χ1v) is 7.95. The van der Waals surface area contributed by atoms with E-state index in [2.05, 4.69) is 40.8 Å². The van der Waals surface area contributed by atoms with E-state index in [0.29, 0.717) is 5.88 Å². The van der Waals surface area contributed by atoms with E-state index in [1.54, 1.807) is 25.1 Å². The van der Waals surface area contributed by atoms with Crippen LogP contribution >= 0.6 is 11.8 Å². The van der Waals surface area contributed by atoms with Crippen LogP contribution in [-0.4, -0.2) is 32.4 Å². The maximum Gasteiger partial charge on any atom is 0.239 e. The van der Waals surface area contributed by atoms with E-state index in [0.717, 1.165) is 17.9 Å². The molecule has 0 aliphatic carbocycles. The second-order valence-electron chi connectivity index (χ2n) is 4.81. The summed E-state index contributed by atoms with van der Waals surface area (Å²) in [5.74, 6) is 0.613. The molecule has 21 heavy (non-hydrogen) atoms. The van der Waals surface area contributed by atoms with Crippen molar-refractivity contribution in [3.8, 4) is 5.88 Å². The molecule has 1 heterocycles. The summed E-state index contributed by atoms with van der Waals surface area (Å²) in [7, 11) is 5.65. The largest absolute Gasteiger partial charge is 0.479 e. The average Bonchev–Trinajstić information content (AvgIpc) is 2.52. The summed E-state index contributed by atoms with van der Waals surface area (Å²) in [6.07, 6.45) is 3.84. The Balaban J connectivity index is 2.18. The number of nitrogens with one attached hydrogen (secondary N) is 1. The second kappa shape index (κ2) is 7.22. The lowest BCUT2D eigenvalue weighted by molar-refractivity contribution is 0.400. The van der Waals surface area contributed by atoms with E-state index < -0.39 is 0 Å². The number of benzene rings is 1. The maximum atomic E-state index is 5.36. The molecule has 0 bridgehead atoms. The van der Waals surface area contributed by atoms with Crippen LogP contribution in [-0.2, 0) is 6.54 Å². The van der Waals surface area contributed by atoms with Crippen LogP contribution in [0.2, 0.25) is 0 Å². The summed E-state index contributed by atoms with van der Waals surface area (Å²) in [4.78, 5) is 7.58. The van der Waals surface area contributed by atoms with Gasteiger partial charge >= 0.3 is 0 Å². The zero-order valence-corrected chi connectivity index (χ0v) is 13.7. The molecule has 0 atom stereocenters. The molecule has 0 saturated carbocycles. The fourth-order valence-electron chi connectivity index (χ4n) is 2.06. The predicted molar refractivity (Wildman–Crippen MR) is 90.7 cm³/mol. The Labute approximate surface area is 130 Å². The zero-order valence-electron chi connectivity index (χ0n) is 12.9. The molecule has 0 radical (unpaired) electrons. The fraction of sp³-hybridized carbons (Fsp3) is 0.312. The number of nitrogens with zero attached hydrogens (tertiary/aromatic N) is 2. The topological polar surface area (TPSA) is 37.4 Å². The molecular formula is C16H21N3OS. The SMILES string of the molecule is COc1nccc(N(C)C)c1NCc1ccc(SC)cc1. The van der Waals surface area contributed by atoms with E-state index in [1.807, 2.05) is 25.1 Å². The Bertz CT molecular complexity index is 585. The quantitative estimate of drug-likeness (QED) is 0.827. The van der Waals surface area contributed by atoms with E-state index >= 15 is 0 Å². The third-order valence-corrected chi connectivity index (χ3v) is 3.94. The average molecular weight is 303 g/mol. The fourth-order valence-corrected chi connectivity index (χ4v) is 2.47. The van der Waals surface area contributed by atoms with E-state index in [1.165, 1.54) is 10.5 Å². The first-order chi connectivity index (χ1) is 10.2. The number of aromatic nitrogens is 1. The normalized spacial score (nSPS) is 10.3. The standard InChI is InChI=1S/C16H21N3OS/c1-19(2)14-9-10-17-16(20-3)15(14)18-11-12-5-7-13(21-4)8-6-12/h5-10,18H,11H2,1-4H3. The number of rotatable bonds is 6. The summed E-state index contributed by atoms with van der Waals surface area (Å²) in [5, 5.41) is 3.43. The summed E-state index contributed by atoms with van der Waals surface area (Å²) in [5.41, 5.74) is 3.20. The molecule has 0 aliphatic heterocycles. The predicted octanol–water partition coefficient (Wildman–Crippen LogP) is 3.49. The van der Waals surface area contributed by atoms with Crippen LogP contribution in [0, 0.1) is 0 Å². The van der Waals surface area contributed by atoms with Gasteiger partial charge < -0.3 is 15.0 Å². The Morgan fingerprint density at radius 3 is 2.48 bits per heavy atom. The van der Waals surface area contributed by atoms with Gasteiger partial charge in [0.25, 0.3) is 0 Å². The minimum atomic E-state index is 0.613. The molecule has 4 nitrogen and oxygen atoms in total. The Morgan fingerprint density at radius 2 is 1.90 bits per heavy atom. The van der Waals surface area contributed by atoms with Crippen LogP contribution in [0.15, 0.2) is 41.4 Å². The summed E-state index contributed by atoms with van der Waals surface area (Å²) in [6.45, 7) is 0.734. The number of ether oxygens (including phenoxy) is 1. The second-order valence-corrected chi connectivity index (χ2v) is 5.69. The summed E-state index contributed by atoms with van der Waals surface area (Å²) < 4.78 is 5.36. The number of thioether (sulfide) groups is 1. The number of pyridine rings is 1. The summed E-state index contributed by atoms with van der Waals surface area (Å²) >= 11 is 1.75. The van der Waals surface area contributed by atoms with Gasteiger partial charge in [-0.15, -0.1) is 11.8 Å². The molecule has 5 heteroatoms. The van der Waals surface area contributed by atoms with Gasteiger partial charge in [-0.2, -0.15) is 0 Å². The van der Waals surface area contributed by atoms with Gasteiger partial charge in [0.2, 0.25) is 5.88 Å². The van der Waals surface area contributed by atoms with Crippen molar-refractivity contribution >= 4 is 23.1 Å². The van der Waals surface area contributed by atoms with Crippen molar-refractivity contribution in [2.75, 3.05) is 37.7 Å². The third kappa shape index (κ3) is 3.82. The minimum absolute atomic E-state index is 0.613. The minimum Gasteiger partial charge on any atom is -0.479 e. The third-order valence-electron chi connectivity index (χ3n) is 3.20. The van der Waals surface area contributed by atoms with Crippen LogP contribution in [0.4, 0.5) is 11.4 Å². The van der Waals surface area contributed by atoms with Gasteiger partial charge in [-0.1, -0.05) is 12.1 Å². The highest BCUT2D eigenvalue weighted by Gasteiger charge is 2.11. The molecular weight excluding hydrogens is 282 g/mol. The maximum absolute atomic E-state index is 5.36. The van der Waals surface area contributed by atoms with Gasteiger partial charge in [0.15, 0.2) is 0 Å². The van der Waals surface area contributed by atoms with Crippen molar-refractivity contribution < 1.29 is 4.74 Å². The van der Waals surface area contributed by atoms with Gasteiger partial charge in [0.05, 0.1) is 12.8 Å². The molecule has 112 valence electrons. The van der Waals surface area contributed by atoms with Crippen LogP contribution < -0.4 is 15.0 Å². The van der Waals surface area contributed by atoms with E-state index in [-0.39, 0.29) is 0 Å². The lowest BCUT2D eigenvalue weighted by atomic mass is 10.2.